The Bertz CT molecular complexity index is 199. The smallest absolute Gasteiger partial charge is 0.307 e. The number of hydrogen-bond donors (Lipinski definition) is 1. The Morgan fingerprint density at radius 3 is 2.20 bits per heavy atom. The SMILES string of the molecule is C[C@@H]1C[C@]12[C@H](C)[C@H]2C(=O)O. The fraction of sp³-hybridized carbons (Fsp3) is 0.875. The van der Waals surface area contributed by atoms with Crippen molar-refractivity contribution >= 4 is 5.97 Å². The Hall–Kier alpha value is -0.530. The number of aliphatic carboxylic acids is 1. The van der Waals surface area contributed by atoms with Gasteiger partial charge in [-0.3, -0.25) is 4.79 Å². The van der Waals surface area contributed by atoms with E-state index in [2.05, 4.69) is 13.8 Å². The normalized spacial score (nSPS) is 56.8. The van der Waals surface area contributed by atoms with Crippen LogP contribution in [0.5, 0.6) is 0 Å². The molecule has 2 rings (SSSR count). The van der Waals surface area contributed by atoms with Crippen LogP contribution >= 0.6 is 0 Å². The van der Waals surface area contributed by atoms with Gasteiger partial charge < -0.3 is 5.11 Å². The van der Waals surface area contributed by atoms with Gasteiger partial charge in [0.2, 0.25) is 0 Å². The van der Waals surface area contributed by atoms with Crippen LogP contribution in [0.25, 0.3) is 0 Å². The summed E-state index contributed by atoms with van der Waals surface area (Å²) in [6, 6.07) is 0. The Morgan fingerprint density at radius 1 is 1.60 bits per heavy atom. The molecular formula is C8H12O2. The first kappa shape index (κ1) is 6.20. The minimum absolute atomic E-state index is 0.0116. The van der Waals surface area contributed by atoms with Gasteiger partial charge in [0.1, 0.15) is 0 Å². The maximum atomic E-state index is 10.6. The first-order valence-corrected chi connectivity index (χ1v) is 3.83. The second-order valence-electron chi connectivity index (χ2n) is 3.82. The predicted molar refractivity (Wildman–Crippen MR) is 36.5 cm³/mol. The Kier molecular flexibility index (Phi) is 0.859. The maximum absolute atomic E-state index is 10.6. The lowest BCUT2D eigenvalue weighted by atomic mass is 10.2. The number of carboxylic acids is 1. The summed E-state index contributed by atoms with van der Waals surface area (Å²) >= 11 is 0. The molecule has 10 heavy (non-hydrogen) atoms. The molecule has 0 aromatic carbocycles. The molecule has 2 nitrogen and oxygen atoms in total. The summed E-state index contributed by atoms with van der Waals surface area (Å²) in [7, 11) is 0. The van der Waals surface area contributed by atoms with E-state index in [0.717, 1.165) is 6.42 Å². The van der Waals surface area contributed by atoms with Crippen LogP contribution in [0.1, 0.15) is 20.3 Å². The summed E-state index contributed by atoms with van der Waals surface area (Å²) in [5.74, 6) is 0.517. The van der Waals surface area contributed by atoms with Crippen LogP contribution in [0.15, 0.2) is 0 Å². The lowest BCUT2D eigenvalue weighted by Gasteiger charge is -1.84. The van der Waals surface area contributed by atoms with Gasteiger partial charge in [-0.25, -0.2) is 0 Å². The molecule has 0 aromatic rings. The molecular weight excluding hydrogens is 128 g/mol. The van der Waals surface area contributed by atoms with Crippen LogP contribution in [0, 0.1) is 23.2 Å². The van der Waals surface area contributed by atoms with Crippen LogP contribution in [0.3, 0.4) is 0 Å². The molecule has 0 saturated heterocycles. The molecule has 2 saturated carbocycles. The fourth-order valence-electron chi connectivity index (χ4n) is 2.64. The Labute approximate surface area is 60.2 Å². The third-order valence-electron chi connectivity index (χ3n) is 3.50. The van der Waals surface area contributed by atoms with Gasteiger partial charge in [-0.2, -0.15) is 0 Å². The summed E-state index contributed by atoms with van der Waals surface area (Å²) in [5, 5.41) is 8.72. The van der Waals surface area contributed by atoms with Gasteiger partial charge in [-0.1, -0.05) is 13.8 Å². The molecule has 2 fully saturated rings. The molecule has 2 heteroatoms. The molecule has 0 aliphatic heterocycles. The van der Waals surface area contributed by atoms with E-state index in [9.17, 15) is 4.79 Å². The molecule has 56 valence electrons. The van der Waals surface area contributed by atoms with E-state index in [0.29, 0.717) is 11.8 Å². The van der Waals surface area contributed by atoms with E-state index < -0.39 is 5.97 Å². The van der Waals surface area contributed by atoms with Crippen molar-refractivity contribution in [2.45, 2.75) is 20.3 Å². The van der Waals surface area contributed by atoms with Gasteiger partial charge in [-0.15, -0.1) is 0 Å². The highest BCUT2D eigenvalue weighted by Crippen LogP contribution is 2.78. The zero-order chi connectivity index (χ0) is 7.52. The summed E-state index contributed by atoms with van der Waals surface area (Å²) in [5.41, 5.74) is 0.256. The fourth-order valence-corrected chi connectivity index (χ4v) is 2.64. The molecule has 1 N–H and O–H groups in total. The second-order valence-corrected chi connectivity index (χ2v) is 3.82. The number of carboxylic acid groups (broad SMARTS) is 1. The summed E-state index contributed by atoms with van der Waals surface area (Å²) < 4.78 is 0. The van der Waals surface area contributed by atoms with Crippen molar-refractivity contribution in [2.24, 2.45) is 23.2 Å². The topological polar surface area (TPSA) is 37.3 Å². The lowest BCUT2D eigenvalue weighted by molar-refractivity contribution is -0.139. The van der Waals surface area contributed by atoms with Crippen LogP contribution in [-0.4, -0.2) is 11.1 Å². The van der Waals surface area contributed by atoms with E-state index in [4.69, 9.17) is 5.11 Å². The van der Waals surface area contributed by atoms with Crippen molar-refractivity contribution in [3.8, 4) is 0 Å². The van der Waals surface area contributed by atoms with Gasteiger partial charge in [0.15, 0.2) is 0 Å². The number of rotatable bonds is 1. The molecule has 2 aliphatic carbocycles. The summed E-state index contributed by atoms with van der Waals surface area (Å²) in [6.45, 7) is 4.21. The quantitative estimate of drug-likeness (QED) is 0.597. The molecule has 1 spiro atoms. The molecule has 0 unspecified atom stereocenters. The van der Waals surface area contributed by atoms with Gasteiger partial charge in [0.05, 0.1) is 5.92 Å². The van der Waals surface area contributed by atoms with Crippen molar-refractivity contribution in [3.05, 3.63) is 0 Å². The van der Waals surface area contributed by atoms with Crippen molar-refractivity contribution < 1.29 is 9.90 Å². The van der Waals surface area contributed by atoms with E-state index in [1.54, 1.807) is 0 Å². The summed E-state index contributed by atoms with van der Waals surface area (Å²) in [4.78, 5) is 10.6. The van der Waals surface area contributed by atoms with E-state index in [-0.39, 0.29) is 11.3 Å². The summed E-state index contributed by atoms with van der Waals surface area (Å²) in [6.07, 6.45) is 1.14. The van der Waals surface area contributed by atoms with Gasteiger partial charge in [0.25, 0.3) is 0 Å². The lowest BCUT2D eigenvalue weighted by Crippen LogP contribution is -2.00. The Balaban J connectivity index is 2.13. The molecule has 0 aromatic heterocycles. The molecule has 2 aliphatic rings. The van der Waals surface area contributed by atoms with Crippen LogP contribution in [-0.2, 0) is 4.79 Å². The zero-order valence-corrected chi connectivity index (χ0v) is 6.29. The van der Waals surface area contributed by atoms with Crippen molar-refractivity contribution in [1.29, 1.82) is 0 Å². The van der Waals surface area contributed by atoms with Crippen LogP contribution in [0.4, 0.5) is 0 Å². The standard InChI is InChI=1S/C8H12O2/c1-4-3-8(4)5(2)6(8)7(9)10/h4-6H,3H2,1-2H3,(H,9,10)/t4-,5-,6+,8-/m1/s1. The average Bonchev–Trinajstić information content (AvgIpc) is 2.55. The van der Waals surface area contributed by atoms with Crippen LogP contribution < -0.4 is 0 Å². The van der Waals surface area contributed by atoms with Crippen molar-refractivity contribution in [2.75, 3.05) is 0 Å². The zero-order valence-electron chi connectivity index (χ0n) is 6.29. The van der Waals surface area contributed by atoms with Crippen molar-refractivity contribution in [3.63, 3.8) is 0 Å². The molecule has 4 atom stereocenters. The first-order chi connectivity index (χ1) is 4.60. The molecule has 0 bridgehead atoms. The van der Waals surface area contributed by atoms with Gasteiger partial charge in [-0.05, 0) is 23.7 Å². The van der Waals surface area contributed by atoms with E-state index in [1.165, 1.54) is 0 Å². The van der Waals surface area contributed by atoms with Crippen LogP contribution in [0.2, 0.25) is 0 Å². The monoisotopic (exact) mass is 140 g/mol. The van der Waals surface area contributed by atoms with Crippen molar-refractivity contribution in [1.82, 2.24) is 0 Å². The van der Waals surface area contributed by atoms with E-state index >= 15 is 0 Å². The maximum Gasteiger partial charge on any atom is 0.307 e. The Morgan fingerprint density at radius 2 is 2.10 bits per heavy atom. The second kappa shape index (κ2) is 1.39. The van der Waals surface area contributed by atoms with Gasteiger partial charge in [0, 0.05) is 0 Å². The predicted octanol–water partition coefficient (Wildman–Crippen LogP) is 1.36. The average molecular weight is 140 g/mol. The molecule has 0 radical (unpaired) electrons. The highest BCUT2D eigenvalue weighted by atomic mass is 16.4. The first-order valence-electron chi connectivity index (χ1n) is 3.83. The third-order valence-corrected chi connectivity index (χ3v) is 3.50. The van der Waals surface area contributed by atoms with Gasteiger partial charge >= 0.3 is 5.97 Å². The minimum Gasteiger partial charge on any atom is -0.481 e. The minimum atomic E-state index is -0.586. The largest absolute Gasteiger partial charge is 0.481 e. The molecule has 0 heterocycles. The molecule has 0 amide bonds. The third kappa shape index (κ3) is 0.446. The number of carbonyl (C=O) groups is 1. The number of hydrogen-bond acceptors (Lipinski definition) is 1. The van der Waals surface area contributed by atoms with E-state index in [1.807, 2.05) is 0 Å². The highest BCUT2D eigenvalue weighted by molar-refractivity contribution is 5.77. The highest BCUT2D eigenvalue weighted by Gasteiger charge is 2.76.